The zero-order valence-electron chi connectivity index (χ0n) is 11.9. The zero-order chi connectivity index (χ0) is 13.4. The molecule has 0 aliphatic rings. The lowest BCUT2D eigenvalue weighted by Crippen LogP contribution is -2.19. The van der Waals surface area contributed by atoms with Crippen molar-refractivity contribution in [2.75, 3.05) is 5.73 Å². The van der Waals surface area contributed by atoms with Crippen LogP contribution in [0.3, 0.4) is 0 Å². The second-order valence-electron chi connectivity index (χ2n) is 6.33. The van der Waals surface area contributed by atoms with Gasteiger partial charge >= 0.3 is 0 Å². The molecular weight excluding hydrogens is 230 g/mol. The Morgan fingerprint density at radius 3 is 1.94 bits per heavy atom. The molecule has 0 saturated carbocycles. The summed E-state index contributed by atoms with van der Waals surface area (Å²) in [5, 5.41) is 0.995. The third-order valence-electron chi connectivity index (χ3n) is 2.21. The Balaban J connectivity index is 3.26. The van der Waals surface area contributed by atoms with Crippen LogP contribution < -0.4 is 5.73 Å². The molecule has 1 heterocycles. The van der Waals surface area contributed by atoms with Crippen molar-refractivity contribution in [2.24, 2.45) is 0 Å². The minimum atomic E-state index is -0.0744. The van der Waals surface area contributed by atoms with Crippen molar-refractivity contribution in [3.8, 4) is 0 Å². The zero-order valence-corrected chi connectivity index (χ0v) is 12.7. The molecule has 0 atom stereocenters. The van der Waals surface area contributed by atoms with Crippen LogP contribution in [0.1, 0.15) is 52.9 Å². The van der Waals surface area contributed by atoms with E-state index in [2.05, 4.69) is 51.5 Å². The first-order valence-electron chi connectivity index (χ1n) is 5.84. The standard InChI is InChI=1S/C13H23N3S/c1-8-9(14)15-11(12(2,3)4)16-10(8)17-13(5,6)7/h1-7H3,(H2,14,15,16). The molecule has 2 N–H and O–H groups in total. The largest absolute Gasteiger partial charge is 0.383 e. The predicted molar refractivity (Wildman–Crippen MR) is 75.5 cm³/mol. The predicted octanol–water partition coefficient (Wildman–Crippen LogP) is 3.56. The number of rotatable bonds is 1. The summed E-state index contributed by atoms with van der Waals surface area (Å²) in [5.74, 6) is 1.41. The van der Waals surface area contributed by atoms with Gasteiger partial charge in [-0.1, -0.05) is 41.5 Å². The van der Waals surface area contributed by atoms with Gasteiger partial charge in [0.1, 0.15) is 16.7 Å². The van der Waals surface area contributed by atoms with Crippen LogP contribution in [0, 0.1) is 6.92 Å². The van der Waals surface area contributed by atoms with E-state index in [1.807, 2.05) is 6.92 Å². The van der Waals surface area contributed by atoms with Gasteiger partial charge < -0.3 is 5.73 Å². The monoisotopic (exact) mass is 253 g/mol. The average Bonchev–Trinajstić information content (AvgIpc) is 2.08. The summed E-state index contributed by atoms with van der Waals surface area (Å²) in [7, 11) is 0. The van der Waals surface area contributed by atoms with Gasteiger partial charge in [0.15, 0.2) is 0 Å². The molecule has 0 amide bonds. The number of nitrogens with zero attached hydrogens (tertiary/aromatic N) is 2. The first-order chi connectivity index (χ1) is 7.50. The second-order valence-corrected chi connectivity index (χ2v) is 8.14. The molecule has 1 aromatic heterocycles. The fourth-order valence-electron chi connectivity index (χ4n) is 1.24. The quantitative estimate of drug-likeness (QED) is 0.614. The Morgan fingerprint density at radius 2 is 1.53 bits per heavy atom. The molecule has 0 aliphatic heterocycles. The van der Waals surface area contributed by atoms with Crippen LogP contribution in [0.15, 0.2) is 5.03 Å². The Morgan fingerprint density at radius 1 is 1.00 bits per heavy atom. The van der Waals surface area contributed by atoms with Gasteiger partial charge in [-0.25, -0.2) is 9.97 Å². The van der Waals surface area contributed by atoms with Crippen LogP contribution in [0.4, 0.5) is 5.82 Å². The molecule has 0 radical (unpaired) electrons. The topological polar surface area (TPSA) is 51.8 Å². The summed E-state index contributed by atoms with van der Waals surface area (Å²) in [6.45, 7) is 14.8. The maximum absolute atomic E-state index is 5.97. The number of hydrogen-bond acceptors (Lipinski definition) is 4. The molecule has 0 aliphatic carbocycles. The van der Waals surface area contributed by atoms with E-state index in [4.69, 9.17) is 5.73 Å². The van der Waals surface area contributed by atoms with Crippen LogP contribution >= 0.6 is 11.8 Å². The third kappa shape index (κ3) is 3.87. The maximum atomic E-state index is 5.97. The lowest BCUT2D eigenvalue weighted by Gasteiger charge is -2.22. The molecule has 0 saturated heterocycles. The van der Waals surface area contributed by atoms with Crippen molar-refractivity contribution >= 4 is 17.6 Å². The smallest absolute Gasteiger partial charge is 0.137 e. The van der Waals surface area contributed by atoms with Crippen LogP contribution in [0.5, 0.6) is 0 Å². The minimum absolute atomic E-state index is 0.0744. The van der Waals surface area contributed by atoms with E-state index in [0.29, 0.717) is 5.82 Å². The molecule has 17 heavy (non-hydrogen) atoms. The van der Waals surface area contributed by atoms with Gasteiger partial charge in [-0.2, -0.15) is 0 Å². The molecule has 0 bridgehead atoms. The summed E-state index contributed by atoms with van der Waals surface area (Å²) in [4.78, 5) is 9.05. The van der Waals surface area contributed by atoms with E-state index in [9.17, 15) is 0 Å². The van der Waals surface area contributed by atoms with Gasteiger partial charge in [-0.05, 0) is 6.92 Å². The van der Waals surface area contributed by atoms with Crippen molar-refractivity contribution in [1.29, 1.82) is 0 Å². The summed E-state index contributed by atoms with van der Waals surface area (Å²) >= 11 is 1.74. The molecule has 0 fully saturated rings. The van der Waals surface area contributed by atoms with Crippen LogP contribution in [-0.2, 0) is 5.41 Å². The highest BCUT2D eigenvalue weighted by molar-refractivity contribution is 8.00. The molecule has 1 aromatic rings. The summed E-state index contributed by atoms with van der Waals surface area (Å²) < 4.78 is 0.126. The highest BCUT2D eigenvalue weighted by Crippen LogP contribution is 2.35. The molecule has 0 unspecified atom stereocenters. The normalized spacial score (nSPS) is 12.9. The van der Waals surface area contributed by atoms with Crippen molar-refractivity contribution in [1.82, 2.24) is 9.97 Å². The molecule has 1 rings (SSSR count). The highest BCUT2D eigenvalue weighted by Gasteiger charge is 2.22. The molecule has 0 aromatic carbocycles. The van der Waals surface area contributed by atoms with Gasteiger partial charge in [-0.15, -0.1) is 11.8 Å². The molecular formula is C13H23N3S. The van der Waals surface area contributed by atoms with Gasteiger partial charge in [0.2, 0.25) is 0 Å². The molecule has 0 spiro atoms. The van der Waals surface area contributed by atoms with E-state index in [1.54, 1.807) is 11.8 Å². The first kappa shape index (κ1) is 14.3. The highest BCUT2D eigenvalue weighted by atomic mass is 32.2. The number of thioether (sulfide) groups is 1. The molecule has 96 valence electrons. The molecule has 4 heteroatoms. The van der Waals surface area contributed by atoms with Crippen LogP contribution in [0.25, 0.3) is 0 Å². The van der Waals surface area contributed by atoms with Crippen molar-refractivity contribution < 1.29 is 0 Å². The minimum Gasteiger partial charge on any atom is -0.383 e. The van der Waals surface area contributed by atoms with Gasteiger partial charge in [0.05, 0.1) is 0 Å². The number of aromatic nitrogens is 2. The van der Waals surface area contributed by atoms with Crippen molar-refractivity contribution in [3.05, 3.63) is 11.4 Å². The molecule has 3 nitrogen and oxygen atoms in total. The Hall–Kier alpha value is -0.770. The van der Waals surface area contributed by atoms with Gasteiger partial charge in [0.25, 0.3) is 0 Å². The summed E-state index contributed by atoms with van der Waals surface area (Å²) in [6.07, 6.45) is 0. The average molecular weight is 253 g/mol. The van der Waals surface area contributed by atoms with E-state index in [-0.39, 0.29) is 10.2 Å². The Labute approximate surface area is 109 Å². The van der Waals surface area contributed by atoms with E-state index >= 15 is 0 Å². The maximum Gasteiger partial charge on any atom is 0.137 e. The fourth-order valence-corrected chi connectivity index (χ4v) is 2.21. The lowest BCUT2D eigenvalue weighted by atomic mass is 9.95. The van der Waals surface area contributed by atoms with Crippen molar-refractivity contribution in [3.63, 3.8) is 0 Å². The first-order valence-corrected chi connectivity index (χ1v) is 6.66. The van der Waals surface area contributed by atoms with E-state index in [1.165, 1.54) is 0 Å². The number of hydrogen-bond donors (Lipinski definition) is 1. The Bertz CT molecular complexity index is 414. The summed E-state index contributed by atoms with van der Waals surface area (Å²) in [6, 6.07) is 0. The van der Waals surface area contributed by atoms with Gasteiger partial charge in [-0.3, -0.25) is 0 Å². The van der Waals surface area contributed by atoms with E-state index in [0.717, 1.165) is 16.4 Å². The third-order valence-corrected chi connectivity index (χ3v) is 3.42. The number of anilines is 1. The van der Waals surface area contributed by atoms with Crippen LogP contribution in [0.2, 0.25) is 0 Å². The number of nitrogens with two attached hydrogens (primary N) is 1. The number of nitrogen functional groups attached to an aromatic ring is 1. The second kappa shape index (κ2) is 4.48. The SMILES string of the molecule is Cc1c(N)nc(C(C)(C)C)nc1SC(C)(C)C. The van der Waals surface area contributed by atoms with Gasteiger partial charge in [0, 0.05) is 15.7 Å². The van der Waals surface area contributed by atoms with E-state index < -0.39 is 0 Å². The fraction of sp³-hybridized carbons (Fsp3) is 0.692. The van der Waals surface area contributed by atoms with Crippen molar-refractivity contribution in [2.45, 2.75) is 63.7 Å². The van der Waals surface area contributed by atoms with Crippen LogP contribution in [-0.4, -0.2) is 14.7 Å². The Kier molecular flexibility index (Phi) is 3.77. The lowest BCUT2D eigenvalue weighted by molar-refractivity contribution is 0.538. The summed E-state index contributed by atoms with van der Waals surface area (Å²) in [5.41, 5.74) is 6.88.